The van der Waals surface area contributed by atoms with E-state index in [2.05, 4.69) is 4.98 Å². The second-order valence-corrected chi connectivity index (χ2v) is 6.70. The van der Waals surface area contributed by atoms with Crippen LogP contribution in [0.15, 0.2) is 59.4 Å². The Labute approximate surface area is 158 Å². The number of carbonyl (C=O) groups is 1. The van der Waals surface area contributed by atoms with Crippen molar-refractivity contribution in [2.75, 3.05) is 6.61 Å². The van der Waals surface area contributed by atoms with Crippen molar-refractivity contribution in [1.29, 1.82) is 0 Å². The molecule has 5 heteroatoms. The van der Waals surface area contributed by atoms with E-state index in [1.807, 2.05) is 51.1 Å². The minimum atomic E-state index is -0.168. The lowest BCUT2D eigenvalue weighted by Gasteiger charge is -2.27. The Kier molecular flexibility index (Phi) is 5.60. The van der Waals surface area contributed by atoms with E-state index in [-0.39, 0.29) is 24.1 Å². The lowest BCUT2D eigenvalue weighted by molar-refractivity contribution is 0.0689. The van der Waals surface area contributed by atoms with Gasteiger partial charge in [-0.25, -0.2) is 0 Å². The smallest absolute Gasteiger partial charge is 0.254 e. The van der Waals surface area contributed by atoms with E-state index >= 15 is 0 Å². The molecular weight excluding hydrogens is 340 g/mol. The predicted molar refractivity (Wildman–Crippen MR) is 107 cm³/mol. The number of ether oxygens (including phenoxy) is 1. The summed E-state index contributed by atoms with van der Waals surface area (Å²) in [5, 5.41) is 0.948. The van der Waals surface area contributed by atoms with E-state index in [9.17, 15) is 9.59 Å². The molecule has 0 bridgehead atoms. The molecule has 1 amide bonds. The summed E-state index contributed by atoms with van der Waals surface area (Å²) in [5.41, 5.74) is 1.77. The molecule has 1 heterocycles. The van der Waals surface area contributed by atoms with Gasteiger partial charge in [-0.05, 0) is 62.6 Å². The van der Waals surface area contributed by atoms with Gasteiger partial charge in [0.25, 0.3) is 11.5 Å². The number of aromatic amines is 1. The number of aromatic nitrogens is 1. The average Bonchev–Trinajstić information content (AvgIpc) is 2.66. The molecule has 0 saturated carbocycles. The highest BCUT2D eigenvalue weighted by atomic mass is 16.5. The highest BCUT2D eigenvalue weighted by Gasteiger charge is 2.20. The normalized spacial score (nSPS) is 11.0. The van der Waals surface area contributed by atoms with Crippen LogP contribution in [0.1, 0.15) is 36.7 Å². The first-order valence-electron chi connectivity index (χ1n) is 9.14. The van der Waals surface area contributed by atoms with Crippen molar-refractivity contribution in [3.05, 3.63) is 76.1 Å². The second-order valence-electron chi connectivity index (χ2n) is 6.70. The lowest BCUT2D eigenvalue weighted by atomic mass is 10.1. The molecule has 0 aliphatic heterocycles. The Morgan fingerprint density at radius 2 is 1.81 bits per heavy atom. The molecule has 1 N–H and O–H groups in total. The summed E-state index contributed by atoms with van der Waals surface area (Å²) in [6.07, 6.45) is 0. The molecule has 0 unspecified atom stereocenters. The monoisotopic (exact) mass is 364 g/mol. The number of hydrogen-bond acceptors (Lipinski definition) is 3. The zero-order valence-electron chi connectivity index (χ0n) is 15.9. The van der Waals surface area contributed by atoms with Crippen molar-refractivity contribution in [3.8, 4) is 5.75 Å². The Hall–Kier alpha value is -3.08. The SMILES string of the molecule is CCOc1ccc(C(=O)N(Cc2cc3ccccc3[nH]c2=O)C(C)C)cc1. The summed E-state index contributed by atoms with van der Waals surface area (Å²) in [6.45, 7) is 6.64. The van der Waals surface area contributed by atoms with Crippen LogP contribution in [-0.4, -0.2) is 28.4 Å². The van der Waals surface area contributed by atoms with Gasteiger partial charge in [-0.2, -0.15) is 0 Å². The van der Waals surface area contributed by atoms with Gasteiger partial charge in [0, 0.05) is 22.7 Å². The van der Waals surface area contributed by atoms with Gasteiger partial charge in [0.15, 0.2) is 0 Å². The molecule has 0 atom stereocenters. The molecule has 0 spiro atoms. The molecule has 140 valence electrons. The minimum Gasteiger partial charge on any atom is -0.494 e. The fourth-order valence-electron chi connectivity index (χ4n) is 3.01. The van der Waals surface area contributed by atoms with Gasteiger partial charge in [-0.3, -0.25) is 9.59 Å². The highest BCUT2D eigenvalue weighted by molar-refractivity contribution is 5.94. The predicted octanol–water partition coefficient (Wildman–Crippen LogP) is 3.98. The van der Waals surface area contributed by atoms with Crippen LogP contribution >= 0.6 is 0 Å². The topological polar surface area (TPSA) is 62.4 Å². The van der Waals surface area contributed by atoms with E-state index in [1.54, 1.807) is 29.2 Å². The van der Waals surface area contributed by atoms with E-state index in [0.29, 0.717) is 17.7 Å². The third kappa shape index (κ3) is 4.19. The molecule has 0 aliphatic carbocycles. The molecule has 0 saturated heterocycles. The van der Waals surface area contributed by atoms with Gasteiger partial charge in [0.1, 0.15) is 5.75 Å². The molecule has 0 aliphatic rings. The average molecular weight is 364 g/mol. The molecule has 2 aromatic carbocycles. The molecule has 0 radical (unpaired) electrons. The van der Waals surface area contributed by atoms with Crippen LogP contribution < -0.4 is 10.3 Å². The summed E-state index contributed by atoms with van der Waals surface area (Å²) in [7, 11) is 0. The van der Waals surface area contributed by atoms with E-state index < -0.39 is 0 Å². The number of para-hydroxylation sites is 1. The van der Waals surface area contributed by atoms with Crippen LogP contribution in [0.5, 0.6) is 5.75 Å². The van der Waals surface area contributed by atoms with Gasteiger partial charge in [-0.15, -0.1) is 0 Å². The molecule has 3 aromatic rings. The number of carbonyl (C=O) groups excluding carboxylic acids is 1. The number of pyridine rings is 1. The van der Waals surface area contributed by atoms with E-state index in [0.717, 1.165) is 16.7 Å². The fraction of sp³-hybridized carbons (Fsp3) is 0.273. The van der Waals surface area contributed by atoms with E-state index in [1.165, 1.54) is 0 Å². The molecule has 0 fully saturated rings. The Bertz CT molecular complexity index is 990. The van der Waals surface area contributed by atoms with Crippen LogP contribution in [0, 0.1) is 0 Å². The zero-order valence-corrected chi connectivity index (χ0v) is 15.9. The summed E-state index contributed by atoms with van der Waals surface area (Å²) in [6, 6.07) is 16.5. The van der Waals surface area contributed by atoms with Crippen LogP contribution in [-0.2, 0) is 6.54 Å². The maximum absolute atomic E-state index is 13.0. The summed E-state index contributed by atoms with van der Waals surface area (Å²) < 4.78 is 5.43. The van der Waals surface area contributed by atoms with Gasteiger partial charge in [0.05, 0.1) is 13.2 Å². The number of rotatable bonds is 6. The number of hydrogen-bond donors (Lipinski definition) is 1. The second kappa shape index (κ2) is 8.08. The number of H-pyrrole nitrogens is 1. The van der Waals surface area contributed by atoms with Crippen LogP contribution in [0.25, 0.3) is 10.9 Å². The van der Waals surface area contributed by atoms with Gasteiger partial charge < -0.3 is 14.6 Å². The van der Waals surface area contributed by atoms with Gasteiger partial charge in [-0.1, -0.05) is 18.2 Å². The zero-order chi connectivity index (χ0) is 19.4. The van der Waals surface area contributed by atoms with Crippen molar-refractivity contribution < 1.29 is 9.53 Å². The van der Waals surface area contributed by atoms with Crippen molar-refractivity contribution in [2.45, 2.75) is 33.4 Å². The van der Waals surface area contributed by atoms with Crippen molar-refractivity contribution >= 4 is 16.8 Å². The highest BCUT2D eigenvalue weighted by Crippen LogP contribution is 2.17. The summed E-state index contributed by atoms with van der Waals surface area (Å²) in [5.74, 6) is 0.622. The Morgan fingerprint density at radius 1 is 1.11 bits per heavy atom. The number of benzene rings is 2. The number of nitrogens with one attached hydrogen (secondary N) is 1. The quantitative estimate of drug-likeness (QED) is 0.720. The Morgan fingerprint density at radius 3 is 2.48 bits per heavy atom. The van der Waals surface area contributed by atoms with Gasteiger partial charge in [0.2, 0.25) is 0 Å². The largest absolute Gasteiger partial charge is 0.494 e. The first-order valence-corrected chi connectivity index (χ1v) is 9.14. The van der Waals surface area contributed by atoms with E-state index in [4.69, 9.17) is 4.74 Å². The fourth-order valence-corrected chi connectivity index (χ4v) is 3.01. The van der Waals surface area contributed by atoms with Crippen molar-refractivity contribution in [1.82, 2.24) is 9.88 Å². The first-order chi connectivity index (χ1) is 13.0. The van der Waals surface area contributed by atoms with Gasteiger partial charge >= 0.3 is 0 Å². The minimum absolute atomic E-state index is 0.0464. The van der Waals surface area contributed by atoms with Crippen molar-refractivity contribution in [3.63, 3.8) is 0 Å². The lowest BCUT2D eigenvalue weighted by Crippen LogP contribution is -2.38. The number of fused-ring (bicyclic) bond motifs is 1. The first kappa shape index (κ1) is 18.7. The maximum atomic E-state index is 13.0. The number of nitrogens with zero attached hydrogens (tertiary/aromatic N) is 1. The van der Waals surface area contributed by atoms with Crippen LogP contribution in [0.4, 0.5) is 0 Å². The van der Waals surface area contributed by atoms with Crippen LogP contribution in [0.3, 0.4) is 0 Å². The molecular formula is C22H24N2O3. The maximum Gasteiger partial charge on any atom is 0.254 e. The standard InChI is InChI=1S/C22H24N2O3/c1-4-27-19-11-9-16(10-12-19)22(26)24(15(2)3)14-18-13-17-7-5-6-8-20(17)23-21(18)25/h5-13,15H,4,14H2,1-3H3,(H,23,25). The molecule has 1 aromatic heterocycles. The summed E-state index contributed by atoms with van der Waals surface area (Å²) >= 11 is 0. The summed E-state index contributed by atoms with van der Waals surface area (Å²) in [4.78, 5) is 30.1. The Balaban J connectivity index is 1.88. The third-order valence-corrected chi connectivity index (χ3v) is 4.47. The third-order valence-electron chi connectivity index (χ3n) is 4.47. The van der Waals surface area contributed by atoms with Crippen LogP contribution in [0.2, 0.25) is 0 Å². The molecule has 5 nitrogen and oxygen atoms in total. The molecule has 3 rings (SSSR count). The molecule has 27 heavy (non-hydrogen) atoms. The van der Waals surface area contributed by atoms with Crippen molar-refractivity contribution in [2.24, 2.45) is 0 Å². The number of amides is 1.